The highest BCUT2D eigenvalue weighted by Gasteiger charge is 2.37. The van der Waals surface area contributed by atoms with Crippen LogP contribution in [0.1, 0.15) is 12.0 Å². The fourth-order valence-electron chi connectivity index (χ4n) is 2.32. The first kappa shape index (κ1) is 19.0. The summed E-state index contributed by atoms with van der Waals surface area (Å²) in [7, 11) is 0. The molecule has 1 N–H and O–H groups in total. The molecule has 1 aromatic rings. The van der Waals surface area contributed by atoms with Gasteiger partial charge in [0.05, 0.1) is 11.5 Å². The minimum absolute atomic E-state index is 0. The summed E-state index contributed by atoms with van der Waals surface area (Å²) in [4.78, 5) is 24.0. The molecule has 1 amide bonds. The third-order valence-electron chi connectivity index (χ3n) is 3.51. The highest BCUT2D eigenvalue weighted by molar-refractivity contribution is 5.96. The smallest absolute Gasteiger partial charge is 0.417 e. The lowest BCUT2D eigenvalue weighted by Crippen LogP contribution is -2.29. The fourth-order valence-corrected chi connectivity index (χ4v) is 2.32. The first-order valence-corrected chi connectivity index (χ1v) is 6.65. The maximum absolute atomic E-state index is 13.1. The number of hydrogen-bond donors (Lipinski definition) is 1. The predicted molar refractivity (Wildman–Crippen MR) is 80.0 cm³/mol. The quantitative estimate of drug-likeness (QED) is 0.853. The number of amides is 1. The van der Waals surface area contributed by atoms with E-state index < -0.39 is 29.5 Å². The van der Waals surface area contributed by atoms with Crippen LogP contribution in [0.2, 0.25) is 0 Å². The van der Waals surface area contributed by atoms with Crippen LogP contribution in [0.15, 0.2) is 36.4 Å². The summed E-state index contributed by atoms with van der Waals surface area (Å²) in [5.41, 5.74) is -1.13. The van der Waals surface area contributed by atoms with Gasteiger partial charge in [0.2, 0.25) is 5.91 Å². The number of rotatable bonds is 3. The van der Waals surface area contributed by atoms with Crippen molar-refractivity contribution in [1.29, 1.82) is 0 Å². The fraction of sp³-hybridized carbons (Fsp3) is 0.333. The average Bonchev–Trinajstić information content (AvgIpc) is 2.94. The van der Waals surface area contributed by atoms with Crippen molar-refractivity contribution in [3.63, 3.8) is 0 Å². The molecular formula is C15H15ClF3NO3. The Kier molecular flexibility index (Phi) is 6.20. The van der Waals surface area contributed by atoms with Gasteiger partial charge in [0, 0.05) is 19.2 Å². The van der Waals surface area contributed by atoms with Crippen molar-refractivity contribution in [1.82, 2.24) is 4.90 Å². The van der Waals surface area contributed by atoms with E-state index in [1.807, 2.05) is 0 Å². The van der Waals surface area contributed by atoms with E-state index in [-0.39, 0.29) is 37.5 Å². The number of hydrogen-bond acceptors (Lipinski definition) is 2. The largest absolute Gasteiger partial charge is 0.481 e. The number of carboxylic acid groups (broad SMARTS) is 1. The molecule has 1 saturated heterocycles. The van der Waals surface area contributed by atoms with Crippen LogP contribution >= 0.6 is 12.4 Å². The third kappa shape index (κ3) is 4.72. The topological polar surface area (TPSA) is 57.6 Å². The predicted octanol–water partition coefficient (Wildman–Crippen LogP) is 2.99. The zero-order valence-corrected chi connectivity index (χ0v) is 12.7. The Bertz CT molecular complexity index is 602. The van der Waals surface area contributed by atoms with Gasteiger partial charge >= 0.3 is 12.1 Å². The van der Waals surface area contributed by atoms with Gasteiger partial charge in [-0.3, -0.25) is 9.59 Å². The maximum atomic E-state index is 13.1. The van der Waals surface area contributed by atoms with Gasteiger partial charge in [-0.25, -0.2) is 0 Å². The first-order chi connectivity index (χ1) is 10.3. The minimum atomic E-state index is -4.66. The number of allylic oxidation sites excluding steroid dienone is 1. The van der Waals surface area contributed by atoms with Crippen molar-refractivity contribution in [2.24, 2.45) is 5.92 Å². The number of carbonyl (C=O) groups excluding carboxylic acids is 1. The second kappa shape index (κ2) is 7.50. The second-order valence-corrected chi connectivity index (χ2v) is 5.03. The van der Waals surface area contributed by atoms with E-state index in [1.165, 1.54) is 24.3 Å². The zero-order chi connectivity index (χ0) is 16.3. The van der Waals surface area contributed by atoms with Gasteiger partial charge in [0.25, 0.3) is 0 Å². The van der Waals surface area contributed by atoms with Crippen molar-refractivity contribution in [2.45, 2.75) is 12.6 Å². The molecule has 1 heterocycles. The number of alkyl halides is 3. The summed E-state index contributed by atoms with van der Waals surface area (Å²) >= 11 is 0. The lowest BCUT2D eigenvalue weighted by Gasteiger charge is -2.16. The van der Waals surface area contributed by atoms with Crippen molar-refractivity contribution in [3.05, 3.63) is 42.0 Å². The molecule has 1 fully saturated rings. The molecule has 0 aliphatic carbocycles. The van der Waals surface area contributed by atoms with E-state index in [0.717, 1.165) is 4.90 Å². The molecule has 2 rings (SSSR count). The van der Waals surface area contributed by atoms with Gasteiger partial charge in [-0.1, -0.05) is 30.3 Å². The highest BCUT2D eigenvalue weighted by atomic mass is 35.5. The SMILES string of the molecule is Cl.O=C(O)C1CCN(C(=O)C=C(c2ccccc2)C(F)(F)F)C1. The van der Waals surface area contributed by atoms with Crippen molar-refractivity contribution in [2.75, 3.05) is 13.1 Å². The summed E-state index contributed by atoms with van der Waals surface area (Å²) in [6.07, 6.45) is -3.87. The van der Waals surface area contributed by atoms with Gasteiger partial charge in [0.1, 0.15) is 0 Å². The lowest BCUT2D eigenvalue weighted by molar-refractivity contribution is -0.141. The molecule has 0 aromatic heterocycles. The van der Waals surface area contributed by atoms with Crippen LogP contribution in [0.3, 0.4) is 0 Å². The summed E-state index contributed by atoms with van der Waals surface area (Å²) in [6, 6.07) is 7.04. The molecule has 0 saturated carbocycles. The van der Waals surface area contributed by atoms with Crippen LogP contribution in [0.25, 0.3) is 5.57 Å². The summed E-state index contributed by atoms with van der Waals surface area (Å²) in [6.45, 7) is 0.0802. The van der Waals surface area contributed by atoms with E-state index in [2.05, 4.69) is 0 Å². The number of carbonyl (C=O) groups is 2. The molecule has 1 unspecified atom stereocenters. The average molecular weight is 350 g/mol. The number of likely N-dealkylation sites (tertiary alicyclic amines) is 1. The van der Waals surface area contributed by atoms with Crippen molar-refractivity contribution < 1.29 is 27.9 Å². The Hall–Kier alpha value is -2.02. The van der Waals surface area contributed by atoms with E-state index in [1.54, 1.807) is 6.07 Å². The Morgan fingerprint density at radius 3 is 2.30 bits per heavy atom. The molecule has 1 atom stereocenters. The van der Waals surface area contributed by atoms with Crippen LogP contribution in [0, 0.1) is 5.92 Å². The Balaban J connectivity index is 0.00000264. The summed E-state index contributed by atoms with van der Waals surface area (Å²) < 4.78 is 39.4. The van der Waals surface area contributed by atoms with Crippen LogP contribution < -0.4 is 0 Å². The van der Waals surface area contributed by atoms with E-state index >= 15 is 0 Å². The van der Waals surface area contributed by atoms with Gasteiger partial charge < -0.3 is 10.0 Å². The lowest BCUT2D eigenvalue weighted by atomic mass is 10.0. The molecule has 23 heavy (non-hydrogen) atoms. The van der Waals surface area contributed by atoms with Crippen LogP contribution in [0.5, 0.6) is 0 Å². The minimum Gasteiger partial charge on any atom is -0.481 e. The number of carboxylic acids is 1. The molecule has 1 aromatic carbocycles. The van der Waals surface area contributed by atoms with Gasteiger partial charge in [-0.2, -0.15) is 13.2 Å². The van der Waals surface area contributed by atoms with Crippen molar-refractivity contribution >= 4 is 29.9 Å². The molecule has 1 aliphatic heterocycles. The van der Waals surface area contributed by atoms with Crippen LogP contribution in [-0.4, -0.2) is 41.1 Å². The van der Waals surface area contributed by atoms with Crippen LogP contribution in [-0.2, 0) is 9.59 Å². The number of nitrogens with zero attached hydrogens (tertiary/aromatic N) is 1. The summed E-state index contributed by atoms with van der Waals surface area (Å²) in [5, 5.41) is 8.87. The Labute approximate surface area is 137 Å². The Morgan fingerprint density at radius 1 is 1.22 bits per heavy atom. The number of halogens is 4. The molecular weight excluding hydrogens is 335 g/mol. The third-order valence-corrected chi connectivity index (χ3v) is 3.51. The van der Waals surface area contributed by atoms with E-state index in [0.29, 0.717) is 6.08 Å². The maximum Gasteiger partial charge on any atom is 0.417 e. The van der Waals surface area contributed by atoms with Crippen LogP contribution in [0.4, 0.5) is 13.2 Å². The molecule has 126 valence electrons. The Morgan fingerprint density at radius 2 is 1.83 bits per heavy atom. The highest BCUT2D eigenvalue weighted by Crippen LogP contribution is 2.34. The second-order valence-electron chi connectivity index (χ2n) is 5.03. The molecule has 1 aliphatic rings. The first-order valence-electron chi connectivity index (χ1n) is 6.65. The number of benzene rings is 1. The van der Waals surface area contributed by atoms with Crippen molar-refractivity contribution in [3.8, 4) is 0 Å². The monoisotopic (exact) mass is 349 g/mol. The standard InChI is InChI=1S/C15H14F3NO3.ClH/c16-15(17,18)12(10-4-2-1-3-5-10)8-13(20)19-7-6-11(9-19)14(21)22;/h1-5,8,11H,6-7,9H2,(H,21,22);1H. The molecule has 4 nitrogen and oxygen atoms in total. The molecule has 0 spiro atoms. The van der Waals surface area contributed by atoms with E-state index in [4.69, 9.17) is 5.11 Å². The van der Waals surface area contributed by atoms with Gasteiger partial charge in [-0.05, 0) is 12.0 Å². The molecule has 8 heteroatoms. The zero-order valence-electron chi connectivity index (χ0n) is 11.9. The van der Waals surface area contributed by atoms with Gasteiger partial charge in [0.15, 0.2) is 0 Å². The van der Waals surface area contributed by atoms with Gasteiger partial charge in [-0.15, -0.1) is 12.4 Å². The summed E-state index contributed by atoms with van der Waals surface area (Å²) in [5.74, 6) is -2.58. The number of aliphatic carboxylic acids is 1. The van der Waals surface area contributed by atoms with E-state index in [9.17, 15) is 22.8 Å². The molecule has 0 bridgehead atoms. The normalized spacial score (nSPS) is 18.5. The molecule has 0 radical (unpaired) electrons.